The number of hydrogen-bond acceptors (Lipinski definition) is 5. The van der Waals surface area contributed by atoms with Crippen molar-refractivity contribution < 1.29 is 28.2 Å². The minimum Gasteiger partial charge on any atom is -0.480 e. The van der Waals surface area contributed by atoms with Gasteiger partial charge in [0.2, 0.25) is 5.91 Å². The molecule has 1 N–H and O–H groups in total. The molecule has 9 heteroatoms. The van der Waals surface area contributed by atoms with Gasteiger partial charge in [-0.1, -0.05) is 0 Å². The van der Waals surface area contributed by atoms with Gasteiger partial charge in [-0.3, -0.25) is 14.5 Å². The Morgan fingerprint density at radius 2 is 2.16 bits per heavy atom. The summed E-state index contributed by atoms with van der Waals surface area (Å²) in [6.07, 6.45) is -0.254. The minimum absolute atomic E-state index is 0.0974. The van der Waals surface area contributed by atoms with Crippen LogP contribution in [0.15, 0.2) is 23.1 Å². The van der Waals surface area contributed by atoms with E-state index in [4.69, 9.17) is 9.84 Å². The van der Waals surface area contributed by atoms with Gasteiger partial charge in [0.15, 0.2) is 11.6 Å². The summed E-state index contributed by atoms with van der Waals surface area (Å²) in [6, 6.07) is 3.53. The molecule has 1 aliphatic rings. The Balaban J connectivity index is 1.82. The Labute approximate surface area is 148 Å². The molecule has 1 heterocycles. The quantitative estimate of drug-likeness (QED) is 0.726. The molecule has 1 amide bonds. The molecule has 25 heavy (non-hydrogen) atoms. The number of carboxylic acid groups (broad SMARTS) is 1. The fourth-order valence-corrected chi connectivity index (χ4v) is 3.33. The SMILES string of the molecule is CN(CC(=O)O)CC1CN(C(=O)CSc2ccc(F)c(F)c2)CCO1. The molecule has 0 saturated carbocycles. The van der Waals surface area contributed by atoms with Gasteiger partial charge in [-0.15, -0.1) is 11.8 Å². The molecule has 138 valence electrons. The molecule has 1 fully saturated rings. The van der Waals surface area contributed by atoms with E-state index < -0.39 is 17.6 Å². The number of hydrogen-bond donors (Lipinski definition) is 1. The van der Waals surface area contributed by atoms with Gasteiger partial charge in [-0.05, 0) is 25.2 Å². The van der Waals surface area contributed by atoms with Gasteiger partial charge in [0, 0.05) is 24.5 Å². The van der Waals surface area contributed by atoms with Crippen LogP contribution in [0.3, 0.4) is 0 Å². The summed E-state index contributed by atoms with van der Waals surface area (Å²) in [4.78, 5) is 26.8. The summed E-state index contributed by atoms with van der Waals surface area (Å²) < 4.78 is 31.7. The second-order valence-corrected chi connectivity index (χ2v) is 6.84. The van der Waals surface area contributed by atoms with E-state index in [1.807, 2.05) is 0 Å². The third kappa shape index (κ3) is 6.26. The Morgan fingerprint density at radius 1 is 1.40 bits per heavy atom. The average molecular weight is 374 g/mol. The van der Waals surface area contributed by atoms with E-state index in [-0.39, 0.29) is 24.3 Å². The van der Waals surface area contributed by atoms with Gasteiger partial charge in [0.1, 0.15) is 0 Å². The first kappa shape index (κ1) is 19.6. The number of aliphatic carboxylic acids is 1. The van der Waals surface area contributed by atoms with Crippen LogP contribution in [0, 0.1) is 11.6 Å². The fourth-order valence-electron chi connectivity index (χ4n) is 2.50. The van der Waals surface area contributed by atoms with Gasteiger partial charge >= 0.3 is 5.97 Å². The fraction of sp³-hybridized carbons (Fsp3) is 0.500. The monoisotopic (exact) mass is 374 g/mol. The van der Waals surface area contributed by atoms with Crippen molar-refractivity contribution in [2.75, 3.05) is 45.6 Å². The lowest BCUT2D eigenvalue weighted by molar-refractivity contribution is -0.141. The van der Waals surface area contributed by atoms with Crippen molar-refractivity contribution in [1.82, 2.24) is 9.80 Å². The van der Waals surface area contributed by atoms with Crippen molar-refractivity contribution in [3.63, 3.8) is 0 Å². The van der Waals surface area contributed by atoms with Crippen LogP contribution in [-0.2, 0) is 14.3 Å². The number of carboxylic acids is 1. The molecule has 1 saturated heterocycles. The largest absolute Gasteiger partial charge is 0.480 e. The molecule has 1 unspecified atom stereocenters. The Hall–Kier alpha value is -1.71. The summed E-state index contributed by atoms with van der Waals surface area (Å²) in [5.41, 5.74) is 0. The Morgan fingerprint density at radius 3 is 2.84 bits per heavy atom. The molecule has 0 aromatic heterocycles. The topological polar surface area (TPSA) is 70.1 Å². The lowest BCUT2D eigenvalue weighted by Crippen LogP contribution is -2.50. The van der Waals surface area contributed by atoms with Crippen LogP contribution in [0.5, 0.6) is 0 Å². The molecule has 0 radical (unpaired) electrons. The number of carbonyl (C=O) groups excluding carboxylic acids is 1. The van der Waals surface area contributed by atoms with Crippen LogP contribution in [-0.4, -0.2) is 78.5 Å². The smallest absolute Gasteiger partial charge is 0.317 e. The number of thioether (sulfide) groups is 1. The predicted molar refractivity (Wildman–Crippen MR) is 88.5 cm³/mol. The first-order chi connectivity index (χ1) is 11.8. The zero-order valence-electron chi connectivity index (χ0n) is 13.8. The highest BCUT2D eigenvalue weighted by molar-refractivity contribution is 8.00. The van der Waals surface area contributed by atoms with E-state index in [0.29, 0.717) is 31.1 Å². The number of benzene rings is 1. The van der Waals surface area contributed by atoms with E-state index in [2.05, 4.69) is 0 Å². The summed E-state index contributed by atoms with van der Waals surface area (Å²) in [6.45, 7) is 1.52. The average Bonchev–Trinajstić information content (AvgIpc) is 2.55. The van der Waals surface area contributed by atoms with E-state index >= 15 is 0 Å². The van der Waals surface area contributed by atoms with Crippen molar-refractivity contribution >= 4 is 23.6 Å². The summed E-state index contributed by atoms with van der Waals surface area (Å²) >= 11 is 1.14. The van der Waals surface area contributed by atoms with E-state index in [9.17, 15) is 18.4 Å². The molecule has 1 aromatic rings. The molecule has 0 spiro atoms. The van der Waals surface area contributed by atoms with Gasteiger partial charge in [0.05, 0.1) is 25.0 Å². The molecule has 1 atom stereocenters. The molecule has 1 aliphatic heterocycles. The number of morpholine rings is 1. The van der Waals surface area contributed by atoms with Crippen LogP contribution in [0.4, 0.5) is 8.78 Å². The maximum atomic E-state index is 13.2. The van der Waals surface area contributed by atoms with E-state index in [1.165, 1.54) is 6.07 Å². The van der Waals surface area contributed by atoms with Crippen LogP contribution in [0.1, 0.15) is 0 Å². The van der Waals surface area contributed by atoms with Crippen molar-refractivity contribution in [2.45, 2.75) is 11.0 Å². The lowest BCUT2D eigenvalue weighted by atomic mass is 10.2. The zero-order valence-corrected chi connectivity index (χ0v) is 14.6. The number of nitrogens with zero attached hydrogens (tertiary/aromatic N) is 2. The van der Waals surface area contributed by atoms with Crippen LogP contribution >= 0.6 is 11.8 Å². The van der Waals surface area contributed by atoms with Crippen molar-refractivity contribution in [2.24, 2.45) is 0 Å². The maximum absolute atomic E-state index is 13.2. The molecule has 0 aliphatic carbocycles. The Kier molecular flexibility index (Phi) is 7.15. The minimum atomic E-state index is -0.939. The third-order valence-corrected chi connectivity index (χ3v) is 4.64. The molecule has 2 rings (SSSR count). The molecule has 6 nitrogen and oxygen atoms in total. The van der Waals surface area contributed by atoms with E-state index in [1.54, 1.807) is 16.8 Å². The normalized spacial score (nSPS) is 17.8. The summed E-state index contributed by atoms with van der Waals surface area (Å²) in [5.74, 6) is -2.79. The maximum Gasteiger partial charge on any atom is 0.317 e. The number of ether oxygens (including phenoxy) is 1. The van der Waals surface area contributed by atoms with Gasteiger partial charge in [0.25, 0.3) is 0 Å². The van der Waals surface area contributed by atoms with Gasteiger partial charge in [-0.2, -0.15) is 0 Å². The second-order valence-electron chi connectivity index (χ2n) is 5.79. The first-order valence-electron chi connectivity index (χ1n) is 7.72. The highest BCUT2D eigenvalue weighted by Crippen LogP contribution is 2.21. The van der Waals surface area contributed by atoms with Crippen molar-refractivity contribution in [3.05, 3.63) is 29.8 Å². The molecular weight excluding hydrogens is 354 g/mol. The van der Waals surface area contributed by atoms with Crippen LogP contribution in [0.2, 0.25) is 0 Å². The number of carbonyl (C=O) groups is 2. The standard InChI is InChI=1S/C16H20F2N2O4S/c1-19(9-16(22)23)7-11-8-20(4-5-24-11)15(21)10-25-12-2-3-13(17)14(18)6-12/h2-3,6,11H,4-5,7-10H2,1H3,(H,22,23). The highest BCUT2D eigenvalue weighted by atomic mass is 32.2. The number of amides is 1. The van der Waals surface area contributed by atoms with Crippen LogP contribution < -0.4 is 0 Å². The number of rotatable bonds is 7. The summed E-state index contributed by atoms with van der Waals surface area (Å²) in [5, 5.41) is 8.77. The summed E-state index contributed by atoms with van der Waals surface area (Å²) in [7, 11) is 1.68. The van der Waals surface area contributed by atoms with Crippen LogP contribution in [0.25, 0.3) is 0 Å². The van der Waals surface area contributed by atoms with E-state index in [0.717, 1.165) is 23.9 Å². The number of halogens is 2. The molecular formula is C16H20F2N2O4S. The molecule has 1 aromatic carbocycles. The van der Waals surface area contributed by atoms with Gasteiger partial charge in [-0.25, -0.2) is 8.78 Å². The highest BCUT2D eigenvalue weighted by Gasteiger charge is 2.25. The van der Waals surface area contributed by atoms with Gasteiger partial charge < -0.3 is 14.7 Å². The zero-order chi connectivity index (χ0) is 18.4. The third-order valence-electron chi connectivity index (χ3n) is 3.67. The first-order valence-corrected chi connectivity index (χ1v) is 8.71. The number of likely N-dealkylation sites (N-methyl/N-ethyl adjacent to an activating group) is 1. The van der Waals surface area contributed by atoms with Crippen molar-refractivity contribution in [1.29, 1.82) is 0 Å². The molecule has 0 bridgehead atoms. The second kappa shape index (κ2) is 9.12. The predicted octanol–water partition coefficient (Wildman–Crippen LogP) is 1.30. The lowest BCUT2D eigenvalue weighted by Gasteiger charge is -2.34. The van der Waals surface area contributed by atoms with Crippen molar-refractivity contribution in [3.8, 4) is 0 Å². The Bertz CT molecular complexity index is 632.